The standard InChI is InChI=1S/C30H30F6N6O3S2/c31-29(32,33)22-15-20(16-23(18-22)30(34,35)36)19-5-6-24(45-13-10-41-8-11-44-12-9-41)21(14-19)17-25-27(43)42(28(46)47-25)7-3-1-2-4-26-37-39-40-38-26/h5-6,14-18H,1-4,7-13H2,(H,37,38,39,40)/b25-17-. The minimum absolute atomic E-state index is 0.0874. The topological polar surface area (TPSA) is 96.5 Å². The molecule has 2 fully saturated rings. The van der Waals surface area contributed by atoms with Gasteiger partial charge in [-0.05, 0) is 60.4 Å². The van der Waals surface area contributed by atoms with Crippen molar-refractivity contribution in [3.05, 3.63) is 63.8 Å². The number of nitrogens with zero attached hydrogens (tertiary/aromatic N) is 5. The van der Waals surface area contributed by atoms with Gasteiger partial charge in [0.15, 0.2) is 5.82 Å². The Kier molecular flexibility index (Phi) is 11.2. The highest BCUT2D eigenvalue weighted by Gasteiger charge is 2.37. The normalized spacial score (nSPS) is 17.2. The van der Waals surface area contributed by atoms with Crippen LogP contribution in [-0.2, 0) is 28.3 Å². The zero-order chi connectivity index (χ0) is 33.6. The smallest absolute Gasteiger partial charge is 0.416 e. The summed E-state index contributed by atoms with van der Waals surface area (Å²) in [6.45, 7) is 3.85. The van der Waals surface area contributed by atoms with E-state index in [0.717, 1.165) is 37.7 Å². The zero-order valence-electron chi connectivity index (χ0n) is 24.9. The minimum Gasteiger partial charge on any atom is -0.492 e. The summed E-state index contributed by atoms with van der Waals surface area (Å²) < 4.78 is 93.3. The van der Waals surface area contributed by atoms with Crippen LogP contribution in [0.2, 0.25) is 0 Å². The monoisotopic (exact) mass is 700 g/mol. The maximum Gasteiger partial charge on any atom is 0.416 e. The van der Waals surface area contributed by atoms with Gasteiger partial charge in [0.1, 0.15) is 16.7 Å². The number of alkyl halides is 6. The number of amides is 1. The van der Waals surface area contributed by atoms with Crippen LogP contribution in [0, 0.1) is 0 Å². The number of thioether (sulfide) groups is 1. The molecule has 0 spiro atoms. The minimum atomic E-state index is -5.00. The van der Waals surface area contributed by atoms with E-state index in [1.165, 1.54) is 29.2 Å². The van der Waals surface area contributed by atoms with Gasteiger partial charge in [0.2, 0.25) is 0 Å². The molecule has 0 bridgehead atoms. The second-order valence-electron chi connectivity index (χ2n) is 10.8. The number of thiocarbonyl (C=S) groups is 1. The summed E-state index contributed by atoms with van der Waals surface area (Å²) in [7, 11) is 0. The number of aryl methyl sites for hydroxylation is 1. The SMILES string of the molecule is O=C1/C(=C/c2cc(-c3cc(C(F)(F)F)cc(C(F)(F)F)c3)ccc2OCCN2CCOCC2)SC(=S)N1CCCCCc1nn[nH]n1. The summed E-state index contributed by atoms with van der Waals surface area (Å²) in [5, 5.41) is 13.7. The Morgan fingerprint density at radius 3 is 2.34 bits per heavy atom. The summed E-state index contributed by atoms with van der Waals surface area (Å²) in [5.41, 5.74) is -2.72. The number of rotatable bonds is 12. The largest absolute Gasteiger partial charge is 0.492 e. The number of tetrazole rings is 1. The molecule has 252 valence electrons. The Morgan fingerprint density at radius 1 is 0.957 bits per heavy atom. The molecular formula is C30H30F6N6O3S2. The number of aromatic nitrogens is 4. The fourth-order valence-electron chi connectivity index (χ4n) is 5.06. The first-order valence-corrected chi connectivity index (χ1v) is 16.0. The van der Waals surface area contributed by atoms with Crippen molar-refractivity contribution in [2.75, 3.05) is 46.0 Å². The molecule has 2 aliphatic heterocycles. The van der Waals surface area contributed by atoms with E-state index >= 15 is 0 Å². The lowest BCUT2D eigenvalue weighted by Crippen LogP contribution is -2.38. The third-order valence-electron chi connectivity index (χ3n) is 7.53. The quantitative estimate of drug-likeness (QED) is 0.102. The molecule has 9 nitrogen and oxygen atoms in total. The fraction of sp³-hybridized carbons (Fsp3) is 0.433. The number of hydrogen-bond acceptors (Lipinski definition) is 9. The second kappa shape index (κ2) is 15.1. The van der Waals surface area contributed by atoms with E-state index in [0.29, 0.717) is 72.7 Å². The lowest BCUT2D eigenvalue weighted by atomic mass is 9.97. The Labute approximate surface area is 275 Å². The van der Waals surface area contributed by atoms with Crippen molar-refractivity contribution < 1.29 is 40.6 Å². The summed E-state index contributed by atoms with van der Waals surface area (Å²) in [6.07, 6.45) is -5.61. The maximum absolute atomic E-state index is 13.6. The maximum atomic E-state index is 13.6. The van der Waals surface area contributed by atoms with E-state index in [1.807, 2.05) is 0 Å². The molecule has 17 heteroatoms. The van der Waals surface area contributed by atoms with Gasteiger partial charge in [0.25, 0.3) is 5.91 Å². The van der Waals surface area contributed by atoms with Crippen LogP contribution in [0.4, 0.5) is 26.3 Å². The predicted octanol–water partition coefficient (Wildman–Crippen LogP) is 6.23. The number of carbonyl (C=O) groups excluding carboxylic acids is 1. The van der Waals surface area contributed by atoms with Crippen LogP contribution in [0.25, 0.3) is 17.2 Å². The van der Waals surface area contributed by atoms with Crippen LogP contribution >= 0.6 is 24.0 Å². The van der Waals surface area contributed by atoms with E-state index in [-0.39, 0.29) is 34.6 Å². The van der Waals surface area contributed by atoms with E-state index < -0.39 is 23.5 Å². The van der Waals surface area contributed by atoms with Crippen LogP contribution in [-0.4, -0.2) is 86.7 Å². The van der Waals surface area contributed by atoms with Crippen LogP contribution in [0.15, 0.2) is 41.3 Å². The fourth-order valence-corrected chi connectivity index (χ4v) is 6.36. The molecule has 1 N–H and O–H groups in total. The van der Waals surface area contributed by atoms with E-state index in [9.17, 15) is 31.1 Å². The molecule has 2 aliphatic rings. The highest BCUT2D eigenvalue weighted by atomic mass is 32.2. The first-order chi connectivity index (χ1) is 22.4. The van der Waals surface area contributed by atoms with Crippen LogP contribution in [0.3, 0.4) is 0 Å². The Balaban J connectivity index is 1.39. The molecule has 47 heavy (non-hydrogen) atoms. The Hall–Kier alpha value is -3.54. The van der Waals surface area contributed by atoms with Gasteiger partial charge in [0, 0.05) is 38.2 Å². The number of benzene rings is 2. The second-order valence-corrected chi connectivity index (χ2v) is 12.5. The Morgan fingerprint density at radius 2 is 1.68 bits per heavy atom. The van der Waals surface area contributed by atoms with E-state index in [4.69, 9.17) is 21.7 Å². The highest BCUT2D eigenvalue weighted by molar-refractivity contribution is 8.26. The average Bonchev–Trinajstić information content (AvgIpc) is 3.64. The first-order valence-electron chi connectivity index (χ1n) is 14.7. The molecule has 0 aliphatic carbocycles. The van der Waals surface area contributed by atoms with Crippen molar-refractivity contribution in [1.29, 1.82) is 0 Å². The van der Waals surface area contributed by atoms with Crippen LogP contribution in [0.1, 0.15) is 41.8 Å². The number of unbranched alkanes of at least 4 members (excludes halogenated alkanes) is 2. The van der Waals surface area contributed by atoms with Gasteiger partial charge in [-0.25, -0.2) is 0 Å². The van der Waals surface area contributed by atoms with Crippen LogP contribution < -0.4 is 4.74 Å². The van der Waals surface area contributed by atoms with Crippen molar-refractivity contribution in [3.8, 4) is 16.9 Å². The van der Waals surface area contributed by atoms with Gasteiger partial charge in [-0.3, -0.25) is 14.6 Å². The number of halogens is 6. The molecule has 0 unspecified atom stereocenters. The number of nitrogens with one attached hydrogen (secondary N) is 1. The van der Waals surface area contributed by atoms with Crippen molar-refractivity contribution >= 4 is 40.3 Å². The molecule has 2 saturated heterocycles. The van der Waals surface area contributed by atoms with Crippen LogP contribution in [0.5, 0.6) is 5.75 Å². The molecule has 3 heterocycles. The molecule has 0 radical (unpaired) electrons. The summed E-state index contributed by atoms with van der Waals surface area (Å²) in [5.74, 6) is 0.571. The summed E-state index contributed by atoms with van der Waals surface area (Å²) in [6, 6.07) is 5.74. The van der Waals surface area contributed by atoms with Gasteiger partial charge in [-0.1, -0.05) is 41.7 Å². The highest BCUT2D eigenvalue weighted by Crippen LogP contribution is 2.40. The molecule has 0 atom stereocenters. The molecule has 1 amide bonds. The summed E-state index contributed by atoms with van der Waals surface area (Å²) >= 11 is 6.53. The number of aromatic amines is 1. The number of hydrogen-bond donors (Lipinski definition) is 1. The number of ether oxygens (including phenoxy) is 2. The average molecular weight is 701 g/mol. The molecule has 0 saturated carbocycles. The van der Waals surface area contributed by atoms with Gasteiger partial charge >= 0.3 is 12.4 Å². The Bertz CT molecular complexity index is 1560. The molecule has 5 rings (SSSR count). The van der Waals surface area contributed by atoms with Crippen molar-refractivity contribution in [3.63, 3.8) is 0 Å². The van der Waals surface area contributed by atoms with Gasteiger partial charge in [-0.15, -0.1) is 10.2 Å². The number of H-pyrrole nitrogens is 1. The molecule has 2 aromatic carbocycles. The predicted molar refractivity (Wildman–Crippen MR) is 166 cm³/mol. The third-order valence-corrected chi connectivity index (χ3v) is 8.91. The van der Waals surface area contributed by atoms with Crippen molar-refractivity contribution in [2.24, 2.45) is 0 Å². The van der Waals surface area contributed by atoms with E-state index in [1.54, 1.807) is 0 Å². The van der Waals surface area contributed by atoms with Gasteiger partial charge in [0.05, 0.1) is 29.2 Å². The molecule has 3 aromatic rings. The van der Waals surface area contributed by atoms with Gasteiger partial charge < -0.3 is 9.47 Å². The number of carbonyl (C=O) groups is 1. The zero-order valence-corrected chi connectivity index (χ0v) is 26.5. The molecular weight excluding hydrogens is 670 g/mol. The lowest BCUT2D eigenvalue weighted by molar-refractivity contribution is -0.143. The first kappa shape index (κ1) is 34.8. The van der Waals surface area contributed by atoms with E-state index in [2.05, 4.69) is 25.5 Å². The summed E-state index contributed by atoms with van der Waals surface area (Å²) in [4.78, 5) is 17.3. The van der Waals surface area contributed by atoms with Crippen molar-refractivity contribution in [2.45, 2.75) is 38.0 Å². The number of morpholine rings is 1. The lowest BCUT2D eigenvalue weighted by Gasteiger charge is -2.26. The molecule has 1 aromatic heterocycles. The van der Waals surface area contributed by atoms with Gasteiger partial charge in [-0.2, -0.15) is 31.6 Å². The third kappa shape index (κ3) is 9.30. The van der Waals surface area contributed by atoms with Crippen molar-refractivity contribution in [1.82, 2.24) is 30.4 Å².